The first-order valence-corrected chi connectivity index (χ1v) is 8.76. The fourth-order valence-electron chi connectivity index (χ4n) is 2.22. The summed E-state index contributed by atoms with van der Waals surface area (Å²) in [6, 6.07) is 0.00615. The molecule has 0 amide bonds. The monoisotopic (exact) mass is 332 g/mol. The normalized spacial score (nSPS) is 22.9. The van der Waals surface area contributed by atoms with Crippen LogP contribution in [0.1, 0.15) is 6.42 Å². The van der Waals surface area contributed by atoms with E-state index >= 15 is 0 Å². The first-order valence-electron chi connectivity index (χ1n) is 6.02. The lowest BCUT2D eigenvalue weighted by atomic mass is 10.1. The molecule has 3 rings (SSSR count). The summed E-state index contributed by atoms with van der Waals surface area (Å²) in [6.45, 7) is 0.306. The second-order valence-electron chi connectivity index (χ2n) is 4.66. The highest BCUT2D eigenvalue weighted by atomic mass is 35.5. The molecule has 20 heavy (non-hydrogen) atoms. The van der Waals surface area contributed by atoms with Crippen LogP contribution in [-0.4, -0.2) is 30.4 Å². The molecular weight excluding hydrogens is 320 g/mol. The number of nitrogens with two attached hydrogens (primary N) is 1. The summed E-state index contributed by atoms with van der Waals surface area (Å²) in [5, 5.41) is 1.74. The number of halogens is 1. The minimum Gasteiger partial charge on any atom is -0.324 e. The lowest BCUT2D eigenvalue weighted by molar-refractivity contribution is 0.544. The summed E-state index contributed by atoms with van der Waals surface area (Å²) in [5.74, 6) is 0.115. The Bertz CT molecular complexity index is 765. The minimum absolute atomic E-state index is 0.00615. The van der Waals surface area contributed by atoms with E-state index in [1.807, 2.05) is 12.2 Å². The van der Waals surface area contributed by atoms with E-state index in [1.165, 1.54) is 15.7 Å². The highest BCUT2D eigenvalue weighted by Crippen LogP contribution is 2.25. The Labute approximate surface area is 125 Å². The summed E-state index contributed by atoms with van der Waals surface area (Å²) < 4.78 is 28.8. The second kappa shape index (κ2) is 5.12. The summed E-state index contributed by atoms with van der Waals surface area (Å²) >= 11 is 7.26. The average Bonchev–Trinajstić information content (AvgIpc) is 3.02. The summed E-state index contributed by atoms with van der Waals surface area (Å²) in [7, 11) is -3.70. The standard InChI is InChI=1S/C11H13ClN4O2S2/c12-9-10(16-3-4-19-11(16)15-9)20(17,18)14-6-7-1-2-8(13)5-7/h1-4,7-8,14H,5-6,13H2/t7-,8+/m0/s1. The summed E-state index contributed by atoms with van der Waals surface area (Å²) in [6.07, 6.45) is 6.21. The molecule has 2 aromatic heterocycles. The van der Waals surface area contributed by atoms with Gasteiger partial charge in [0.15, 0.2) is 15.1 Å². The van der Waals surface area contributed by atoms with Gasteiger partial charge in [0.2, 0.25) is 0 Å². The van der Waals surface area contributed by atoms with Gasteiger partial charge in [0, 0.05) is 24.2 Å². The molecule has 0 saturated heterocycles. The van der Waals surface area contributed by atoms with Gasteiger partial charge in [-0.3, -0.25) is 4.40 Å². The van der Waals surface area contributed by atoms with E-state index in [2.05, 4.69) is 9.71 Å². The minimum atomic E-state index is -3.70. The maximum absolute atomic E-state index is 12.4. The van der Waals surface area contributed by atoms with Crippen molar-refractivity contribution in [3.63, 3.8) is 0 Å². The molecule has 1 aliphatic carbocycles. The van der Waals surface area contributed by atoms with E-state index in [9.17, 15) is 8.42 Å². The Kier molecular flexibility index (Phi) is 3.59. The molecule has 0 fully saturated rings. The third kappa shape index (κ3) is 2.49. The van der Waals surface area contributed by atoms with Gasteiger partial charge in [0.25, 0.3) is 10.0 Å². The fraction of sp³-hybridized carbons (Fsp3) is 0.364. The zero-order valence-electron chi connectivity index (χ0n) is 10.4. The van der Waals surface area contributed by atoms with Gasteiger partial charge in [0.05, 0.1) is 0 Å². The molecule has 108 valence electrons. The number of nitrogens with one attached hydrogen (secondary N) is 1. The van der Waals surface area contributed by atoms with Gasteiger partial charge in [-0.15, -0.1) is 11.3 Å². The lowest BCUT2D eigenvalue weighted by Gasteiger charge is -2.11. The molecular formula is C11H13ClN4O2S2. The van der Waals surface area contributed by atoms with Crippen molar-refractivity contribution < 1.29 is 8.42 Å². The Morgan fingerprint density at radius 2 is 2.35 bits per heavy atom. The molecule has 0 radical (unpaired) electrons. The first-order chi connectivity index (χ1) is 9.47. The van der Waals surface area contributed by atoms with E-state index in [0.717, 1.165) is 6.42 Å². The fourth-order valence-corrected chi connectivity index (χ4v) is 4.76. The summed E-state index contributed by atoms with van der Waals surface area (Å²) in [4.78, 5) is 4.58. The van der Waals surface area contributed by atoms with Crippen LogP contribution < -0.4 is 10.5 Å². The molecule has 0 bridgehead atoms. The van der Waals surface area contributed by atoms with Crippen molar-refractivity contribution in [2.24, 2.45) is 11.7 Å². The molecule has 0 unspecified atom stereocenters. The van der Waals surface area contributed by atoms with Crippen LogP contribution in [0.25, 0.3) is 4.96 Å². The van der Waals surface area contributed by atoms with Gasteiger partial charge in [-0.2, -0.15) is 0 Å². The topological polar surface area (TPSA) is 89.5 Å². The highest BCUT2D eigenvalue weighted by Gasteiger charge is 2.26. The van der Waals surface area contributed by atoms with Crippen LogP contribution in [0.15, 0.2) is 28.8 Å². The van der Waals surface area contributed by atoms with Crippen molar-refractivity contribution in [3.05, 3.63) is 28.9 Å². The summed E-state index contributed by atoms with van der Waals surface area (Å²) in [5.41, 5.74) is 5.75. The number of hydrogen-bond acceptors (Lipinski definition) is 5. The van der Waals surface area contributed by atoms with Crippen molar-refractivity contribution in [2.75, 3.05) is 6.54 Å². The number of fused-ring (bicyclic) bond motifs is 1. The van der Waals surface area contributed by atoms with Gasteiger partial charge >= 0.3 is 0 Å². The van der Waals surface area contributed by atoms with Crippen LogP contribution in [0.4, 0.5) is 0 Å². The molecule has 2 heterocycles. The van der Waals surface area contributed by atoms with Crippen molar-refractivity contribution in [1.82, 2.24) is 14.1 Å². The SMILES string of the molecule is N[C@@H]1C=C[C@H](CNS(=O)(=O)c2c(Cl)nc3sccn23)C1. The van der Waals surface area contributed by atoms with E-state index in [1.54, 1.807) is 11.6 Å². The van der Waals surface area contributed by atoms with Gasteiger partial charge in [-0.25, -0.2) is 18.1 Å². The molecule has 0 aliphatic heterocycles. The Hall–Kier alpha value is -0.930. The molecule has 2 aromatic rings. The number of sulfonamides is 1. The third-order valence-electron chi connectivity index (χ3n) is 3.17. The van der Waals surface area contributed by atoms with Crippen LogP contribution in [0, 0.1) is 5.92 Å². The number of hydrogen-bond donors (Lipinski definition) is 2. The molecule has 3 N–H and O–H groups in total. The van der Waals surface area contributed by atoms with E-state index in [4.69, 9.17) is 17.3 Å². The number of nitrogens with zero attached hydrogens (tertiary/aromatic N) is 2. The maximum Gasteiger partial charge on any atom is 0.259 e. The highest BCUT2D eigenvalue weighted by molar-refractivity contribution is 7.89. The molecule has 1 aliphatic rings. The second-order valence-corrected chi connectivity index (χ2v) is 7.57. The van der Waals surface area contributed by atoms with Crippen molar-refractivity contribution in [2.45, 2.75) is 17.5 Å². The first kappa shape index (κ1) is 14.0. The van der Waals surface area contributed by atoms with Crippen molar-refractivity contribution >= 4 is 37.9 Å². The molecule has 2 atom stereocenters. The lowest BCUT2D eigenvalue weighted by Crippen LogP contribution is -2.30. The third-order valence-corrected chi connectivity index (χ3v) is 5.75. The van der Waals surface area contributed by atoms with Gasteiger partial charge in [-0.05, 0) is 12.3 Å². The van der Waals surface area contributed by atoms with Gasteiger partial charge in [-0.1, -0.05) is 23.8 Å². The predicted octanol–water partition coefficient (Wildman–Crippen LogP) is 1.23. The number of aromatic nitrogens is 2. The van der Waals surface area contributed by atoms with Crippen LogP contribution in [0.3, 0.4) is 0 Å². The van der Waals surface area contributed by atoms with Crippen LogP contribution >= 0.6 is 22.9 Å². The van der Waals surface area contributed by atoms with E-state index < -0.39 is 10.0 Å². The van der Waals surface area contributed by atoms with Crippen molar-refractivity contribution in [3.8, 4) is 0 Å². The van der Waals surface area contributed by atoms with E-state index in [-0.39, 0.29) is 22.1 Å². The Morgan fingerprint density at radius 3 is 3.05 bits per heavy atom. The molecule has 9 heteroatoms. The van der Waals surface area contributed by atoms with Crippen LogP contribution in [-0.2, 0) is 10.0 Å². The molecule has 0 aromatic carbocycles. The predicted molar refractivity (Wildman–Crippen MR) is 78.5 cm³/mol. The van der Waals surface area contributed by atoms with Crippen molar-refractivity contribution in [1.29, 1.82) is 0 Å². The van der Waals surface area contributed by atoms with Crippen LogP contribution in [0.2, 0.25) is 5.15 Å². The van der Waals surface area contributed by atoms with Gasteiger partial charge < -0.3 is 5.73 Å². The smallest absolute Gasteiger partial charge is 0.259 e. The number of imidazole rings is 1. The Morgan fingerprint density at radius 1 is 1.55 bits per heavy atom. The zero-order valence-corrected chi connectivity index (χ0v) is 12.7. The average molecular weight is 333 g/mol. The molecule has 0 spiro atoms. The maximum atomic E-state index is 12.4. The largest absolute Gasteiger partial charge is 0.324 e. The number of rotatable bonds is 4. The molecule has 6 nitrogen and oxygen atoms in total. The van der Waals surface area contributed by atoms with E-state index in [0.29, 0.717) is 11.5 Å². The molecule has 0 saturated carbocycles. The van der Waals surface area contributed by atoms with Gasteiger partial charge in [0.1, 0.15) is 0 Å². The quantitative estimate of drug-likeness (QED) is 0.824. The number of thiazole rings is 1. The Balaban J connectivity index is 1.83. The van der Waals surface area contributed by atoms with Crippen LogP contribution in [0.5, 0.6) is 0 Å². The zero-order chi connectivity index (χ0) is 14.3.